The highest BCUT2D eigenvalue weighted by Gasteiger charge is 2.34. The normalized spacial score (nSPS) is 16.2. The fourth-order valence-corrected chi connectivity index (χ4v) is 3.63. The molecule has 0 unspecified atom stereocenters. The molecule has 0 spiro atoms. The summed E-state index contributed by atoms with van der Waals surface area (Å²) in [4.78, 5) is 38.5. The van der Waals surface area contributed by atoms with E-state index in [2.05, 4.69) is 10.5 Å². The topological polar surface area (TPSA) is 92.5 Å². The highest BCUT2D eigenvalue weighted by molar-refractivity contribution is 8.18. The minimum absolute atomic E-state index is 0.106. The number of imide groups is 1. The molecule has 0 radical (unpaired) electrons. The van der Waals surface area contributed by atoms with Crippen LogP contribution in [-0.4, -0.2) is 40.2 Å². The van der Waals surface area contributed by atoms with Crippen LogP contribution in [0.3, 0.4) is 0 Å². The van der Waals surface area contributed by atoms with Crippen LogP contribution in [0.5, 0.6) is 0 Å². The quantitative estimate of drug-likeness (QED) is 0.821. The van der Waals surface area contributed by atoms with Crippen LogP contribution in [0.4, 0.5) is 4.79 Å². The molecule has 9 heteroatoms. The molecule has 1 N–H and O–H groups in total. The van der Waals surface area contributed by atoms with E-state index in [1.807, 2.05) is 17.5 Å². The van der Waals surface area contributed by atoms with Crippen molar-refractivity contribution in [3.05, 3.63) is 44.8 Å². The van der Waals surface area contributed by atoms with Gasteiger partial charge in [0.1, 0.15) is 5.76 Å². The third-order valence-corrected chi connectivity index (χ3v) is 4.90. The van der Waals surface area contributed by atoms with Gasteiger partial charge in [-0.3, -0.25) is 19.3 Å². The summed E-state index contributed by atoms with van der Waals surface area (Å²) in [6.45, 7) is 1.94. The number of aryl methyl sites for hydroxylation is 1. The number of hydrogen-bond donors (Lipinski definition) is 1. The Morgan fingerprint density at radius 3 is 2.96 bits per heavy atom. The number of nitrogens with one attached hydrogen (secondary N) is 1. The van der Waals surface area contributed by atoms with Crippen molar-refractivity contribution in [2.75, 3.05) is 13.1 Å². The Morgan fingerprint density at radius 2 is 2.29 bits per heavy atom. The molecular weight excluding hydrogens is 350 g/mol. The van der Waals surface area contributed by atoms with E-state index in [-0.39, 0.29) is 29.9 Å². The predicted molar refractivity (Wildman–Crippen MR) is 90.6 cm³/mol. The maximum Gasteiger partial charge on any atom is 0.293 e. The van der Waals surface area contributed by atoms with Gasteiger partial charge in [-0.15, -0.1) is 11.3 Å². The molecular formula is C15H13N3O4S2. The number of hydrogen-bond acceptors (Lipinski definition) is 7. The van der Waals surface area contributed by atoms with Crippen LogP contribution in [0, 0.1) is 6.92 Å². The lowest BCUT2D eigenvalue weighted by Crippen LogP contribution is -2.37. The molecule has 0 saturated carbocycles. The third kappa shape index (κ3) is 3.57. The molecule has 1 aliphatic rings. The van der Waals surface area contributed by atoms with Crippen molar-refractivity contribution in [1.29, 1.82) is 0 Å². The number of nitrogens with zero attached hydrogens (tertiary/aromatic N) is 2. The van der Waals surface area contributed by atoms with E-state index < -0.39 is 5.91 Å². The average molecular weight is 363 g/mol. The van der Waals surface area contributed by atoms with Crippen LogP contribution in [0.1, 0.15) is 21.1 Å². The number of carbonyl (C=O) groups is 3. The Kier molecular flexibility index (Phi) is 4.81. The zero-order chi connectivity index (χ0) is 17.1. The van der Waals surface area contributed by atoms with Crippen molar-refractivity contribution < 1.29 is 18.9 Å². The van der Waals surface area contributed by atoms with Crippen LogP contribution in [0.15, 0.2) is 33.0 Å². The minimum atomic E-state index is -0.409. The van der Waals surface area contributed by atoms with Gasteiger partial charge in [0.15, 0.2) is 5.69 Å². The second kappa shape index (κ2) is 7.02. The number of thiophene rings is 1. The average Bonchev–Trinajstić information content (AvgIpc) is 3.26. The maximum atomic E-state index is 12.3. The van der Waals surface area contributed by atoms with Crippen molar-refractivity contribution in [2.24, 2.45) is 0 Å². The largest absolute Gasteiger partial charge is 0.361 e. The summed E-state index contributed by atoms with van der Waals surface area (Å²) in [6.07, 6.45) is 1.70. The SMILES string of the molecule is Cc1cc(C(=O)NCCN2C(=O)S/C(=C/c3cccs3)C2=O)no1. The molecule has 1 aliphatic heterocycles. The van der Waals surface area contributed by atoms with E-state index in [9.17, 15) is 14.4 Å². The molecule has 1 fully saturated rings. The summed E-state index contributed by atoms with van der Waals surface area (Å²) >= 11 is 2.39. The molecule has 24 heavy (non-hydrogen) atoms. The number of aromatic nitrogens is 1. The first-order valence-electron chi connectivity index (χ1n) is 7.05. The standard InChI is InChI=1S/C15H13N3O4S2/c1-9-7-11(17-22-9)13(19)16-4-5-18-14(20)12(24-15(18)21)8-10-3-2-6-23-10/h2-3,6-8H,4-5H2,1H3,(H,16,19)/b12-8+. The summed E-state index contributed by atoms with van der Waals surface area (Å²) in [5.74, 6) is -0.220. The summed E-state index contributed by atoms with van der Waals surface area (Å²) in [6, 6.07) is 5.26. The van der Waals surface area contributed by atoms with E-state index in [0.717, 1.165) is 21.5 Å². The van der Waals surface area contributed by atoms with Crippen molar-refractivity contribution in [1.82, 2.24) is 15.4 Å². The summed E-state index contributed by atoms with van der Waals surface area (Å²) in [7, 11) is 0. The molecule has 0 aliphatic carbocycles. The molecule has 3 heterocycles. The fraction of sp³-hybridized carbons (Fsp3) is 0.200. The van der Waals surface area contributed by atoms with Gasteiger partial charge in [0.25, 0.3) is 17.1 Å². The molecule has 3 rings (SSSR count). The van der Waals surface area contributed by atoms with Gasteiger partial charge in [-0.25, -0.2) is 0 Å². The summed E-state index contributed by atoms with van der Waals surface area (Å²) in [5.41, 5.74) is 0.166. The first kappa shape index (κ1) is 16.5. The second-order valence-corrected chi connectivity index (χ2v) is 6.90. The monoisotopic (exact) mass is 363 g/mol. The Labute approximate surface area is 145 Å². The van der Waals surface area contributed by atoms with Crippen molar-refractivity contribution in [2.45, 2.75) is 6.92 Å². The molecule has 0 aromatic carbocycles. The highest BCUT2D eigenvalue weighted by Crippen LogP contribution is 2.32. The van der Waals surface area contributed by atoms with E-state index >= 15 is 0 Å². The van der Waals surface area contributed by atoms with Crippen LogP contribution >= 0.6 is 23.1 Å². The van der Waals surface area contributed by atoms with Crippen LogP contribution in [0.2, 0.25) is 0 Å². The lowest BCUT2D eigenvalue weighted by molar-refractivity contribution is -0.122. The predicted octanol–water partition coefficient (Wildman–Crippen LogP) is 2.51. The fourth-order valence-electron chi connectivity index (χ4n) is 2.04. The first-order chi connectivity index (χ1) is 11.5. The number of amides is 3. The van der Waals surface area contributed by atoms with Gasteiger partial charge in [0.05, 0.1) is 4.91 Å². The van der Waals surface area contributed by atoms with Crippen LogP contribution in [-0.2, 0) is 4.79 Å². The van der Waals surface area contributed by atoms with Gasteiger partial charge >= 0.3 is 0 Å². The van der Waals surface area contributed by atoms with Crippen LogP contribution < -0.4 is 5.32 Å². The molecule has 0 bridgehead atoms. The second-order valence-electron chi connectivity index (χ2n) is 4.93. The summed E-state index contributed by atoms with van der Waals surface area (Å²) in [5, 5.41) is 7.77. The van der Waals surface area contributed by atoms with E-state index in [0.29, 0.717) is 10.7 Å². The van der Waals surface area contributed by atoms with Crippen molar-refractivity contribution in [3.8, 4) is 0 Å². The molecule has 2 aromatic rings. The van der Waals surface area contributed by atoms with Gasteiger partial charge in [-0.2, -0.15) is 0 Å². The molecule has 1 saturated heterocycles. The van der Waals surface area contributed by atoms with E-state index in [4.69, 9.17) is 4.52 Å². The highest BCUT2D eigenvalue weighted by atomic mass is 32.2. The van der Waals surface area contributed by atoms with Gasteiger partial charge in [-0.1, -0.05) is 11.2 Å². The molecule has 2 aromatic heterocycles. The van der Waals surface area contributed by atoms with Gasteiger partial charge in [-0.05, 0) is 36.2 Å². The third-order valence-electron chi connectivity index (χ3n) is 3.17. The van der Waals surface area contributed by atoms with Gasteiger partial charge in [0.2, 0.25) is 0 Å². The molecule has 3 amide bonds. The van der Waals surface area contributed by atoms with E-state index in [1.165, 1.54) is 17.4 Å². The smallest absolute Gasteiger partial charge is 0.293 e. The Bertz CT molecular complexity index is 811. The van der Waals surface area contributed by atoms with Gasteiger partial charge in [0, 0.05) is 24.0 Å². The zero-order valence-electron chi connectivity index (χ0n) is 12.6. The minimum Gasteiger partial charge on any atom is -0.361 e. The molecule has 0 atom stereocenters. The lowest BCUT2D eigenvalue weighted by atomic mass is 10.3. The number of rotatable bonds is 5. The van der Waals surface area contributed by atoms with Gasteiger partial charge < -0.3 is 9.84 Å². The number of thioether (sulfide) groups is 1. The first-order valence-corrected chi connectivity index (χ1v) is 8.74. The Hall–Kier alpha value is -2.39. The Morgan fingerprint density at radius 1 is 1.46 bits per heavy atom. The Balaban J connectivity index is 1.56. The molecule has 124 valence electrons. The maximum absolute atomic E-state index is 12.3. The van der Waals surface area contributed by atoms with Crippen molar-refractivity contribution >= 4 is 46.2 Å². The molecule has 7 nitrogen and oxygen atoms in total. The zero-order valence-corrected chi connectivity index (χ0v) is 14.3. The van der Waals surface area contributed by atoms with Crippen molar-refractivity contribution in [3.63, 3.8) is 0 Å². The summed E-state index contributed by atoms with van der Waals surface area (Å²) < 4.78 is 4.82. The lowest BCUT2D eigenvalue weighted by Gasteiger charge is -2.12. The van der Waals surface area contributed by atoms with E-state index in [1.54, 1.807) is 13.0 Å². The number of carbonyl (C=O) groups excluding carboxylic acids is 3. The van der Waals surface area contributed by atoms with Crippen LogP contribution in [0.25, 0.3) is 6.08 Å².